The number of aromatic nitrogens is 1. The summed E-state index contributed by atoms with van der Waals surface area (Å²) in [6, 6.07) is 1.73. The van der Waals surface area contributed by atoms with E-state index in [2.05, 4.69) is 42.2 Å². The number of nitrogens with zero attached hydrogens (tertiary/aromatic N) is 2. The molecule has 1 aromatic rings. The van der Waals surface area contributed by atoms with Gasteiger partial charge in [0.25, 0.3) is 0 Å². The molecule has 1 unspecified atom stereocenters. The Morgan fingerprint density at radius 2 is 2.05 bits per heavy atom. The molecule has 0 spiro atoms. The quantitative estimate of drug-likeness (QED) is 0.809. The van der Waals surface area contributed by atoms with E-state index in [9.17, 15) is 4.79 Å². The Hall–Kier alpha value is -0.460. The van der Waals surface area contributed by atoms with Gasteiger partial charge in [0.1, 0.15) is 0 Å². The van der Waals surface area contributed by atoms with Crippen molar-refractivity contribution in [2.45, 2.75) is 33.4 Å². The molecule has 1 rings (SSSR count). The van der Waals surface area contributed by atoms with Crippen molar-refractivity contribution < 1.29 is 4.79 Å². The number of likely N-dealkylation sites (N-methyl/N-ethyl adjacent to an activating group) is 1. The normalized spacial score (nSPS) is 12.3. The van der Waals surface area contributed by atoms with Crippen molar-refractivity contribution in [3.63, 3.8) is 0 Å². The fourth-order valence-electron chi connectivity index (χ4n) is 1.72. The molecule has 4 nitrogen and oxygen atoms in total. The van der Waals surface area contributed by atoms with E-state index in [1.807, 2.05) is 31.7 Å². The summed E-state index contributed by atoms with van der Waals surface area (Å²) >= 11 is 6.83. The van der Waals surface area contributed by atoms with Crippen molar-refractivity contribution in [1.82, 2.24) is 15.2 Å². The molecule has 0 saturated carbocycles. The molecule has 1 heterocycles. The molecule has 0 radical (unpaired) electrons. The highest BCUT2D eigenvalue weighted by Crippen LogP contribution is 2.19. The predicted octanol–water partition coefficient (Wildman–Crippen LogP) is 2.95. The Bertz CT molecular complexity index is 436. The molecule has 1 aromatic heterocycles. The van der Waals surface area contributed by atoms with Gasteiger partial charge in [-0.25, -0.2) is 0 Å². The van der Waals surface area contributed by atoms with E-state index < -0.39 is 0 Å². The van der Waals surface area contributed by atoms with Crippen LogP contribution >= 0.6 is 31.9 Å². The van der Waals surface area contributed by atoms with Gasteiger partial charge in [0, 0.05) is 34.8 Å². The summed E-state index contributed by atoms with van der Waals surface area (Å²) < 4.78 is 1.85. The second kappa shape index (κ2) is 7.97. The molecule has 1 N–H and O–H groups in total. The zero-order valence-electron chi connectivity index (χ0n) is 11.4. The highest BCUT2D eigenvalue weighted by molar-refractivity contribution is 9.11. The average molecular weight is 393 g/mol. The minimum absolute atomic E-state index is 0.123. The summed E-state index contributed by atoms with van der Waals surface area (Å²) in [7, 11) is 0. The predicted molar refractivity (Wildman–Crippen MR) is 83.9 cm³/mol. The third kappa shape index (κ3) is 4.85. The van der Waals surface area contributed by atoms with Crippen molar-refractivity contribution in [3.05, 3.63) is 26.9 Å². The Balaban J connectivity index is 2.58. The fraction of sp³-hybridized carbons (Fsp3) is 0.538. The van der Waals surface area contributed by atoms with Gasteiger partial charge in [-0.15, -0.1) is 0 Å². The standard InChI is InChI=1S/C13H19Br2N3O/c1-4-18(5-2)13(19)9(3)16-8-12-11(15)6-10(14)7-17-12/h6-7,9,16H,4-5,8H2,1-3H3. The van der Waals surface area contributed by atoms with Gasteiger partial charge in [0.05, 0.1) is 11.7 Å². The number of carbonyl (C=O) groups is 1. The van der Waals surface area contributed by atoms with E-state index in [-0.39, 0.29) is 11.9 Å². The second-order valence-electron chi connectivity index (χ2n) is 4.20. The summed E-state index contributed by atoms with van der Waals surface area (Å²) in [5.41, 5.74) is 0.891. The molecule has 1 atom stereocenters. The minimum atomic E-state index is -0.211. The van der Waals surface area contributed by atoms with Crippen LogP contribution in [0, 0.1) is 0 Å². The fourth-order valence-corrected chi connectivity index (χ4v) is 2.85. The van der Waals surface area contributed by atoms with Crippen molar-refractivity contribution in [1.29, 1.82) is 0 Å². The number of hydrogen-bond donors (Lipinski definition) is 1. The number of rotatable bonds is 6. The van der Waals surface area contributed by atoms with Crippen LogP contribution in [0.4, 0.5) is 0 Å². The van der Waals surface area contributed by atoms with Crippen LogP contribution in [0.2, 0.25) is 0 Å². The number of pyridine rings is 1. The Labute approximate surface area is 131 Å². The first kappa shape index (κ1) is 16.6. The van der Waals surface area contributed by atoms with Gasteiger partial charge in [0.15, 0.2) is 0 Å². The van der Waals surface area contributed by atoms with Crippen LogP contribution in [0.15, 0.2) is 21.2 Å². The van der Waals surface area contributed by atoms with Gasteiger partial charge in [-0.1, -0.05) is 0 Å². The Kier molecular flexibility index (Phi) is 6.96. The van der Waals surface area contributed by atoms with E-state index in [4.69, 9.17) is 0 Å². The third-order valence-electron chi connectivity index (χ3n) is 2.91. The van der Waals surface area contributed by atoms with Crippen molar-refractivity contribution in [3.8, 4) is 0 Å². The average Bonchev–Trinajstić information content (AvgIpc) is 2.38. The zero-order chi connectivity index (χ0) is 14.4. The molecule has 6 heteroatoms. The maximum Gasteiger partial charge on any atom is 0.239 e. The van der Waals surface area contributed by atoms with E-state index in [0.717, 1.165) is 27.7 Å². The first-order valence-corrected chi connectivity index (χ1v) is 7.90. The number of carbonyl (C=O) groups excluding carboxylic acids is 1. The summed E-state index contributed by atoms with van der Waals surface area (Å²) in [6.07, 6.45) is 1.75. The van der Waals surface area contributed by atoms with Gasteiger partial charge in [-0.05, 0) is 58.7 Å². The first-order chi connectivity index (χ1) is 8.99. The van der Waals surface area contributed by atoms with Crippen molar-refractivity contribution >= 4 is 37.8 Å². The summed E-state index contributed by atoms with van der Waals surface area (Å²) in [6.45, 7) is 7.89. The van der Waals surface area contributed by atoms with Crippen LogP contribution in [0.5, 0.6) is 0 Å². The molecular weight excluding hydrogens is 374 g/mol. The molecule has 0 bridgehead atoms. The lowest BCUT2D eigenvalue weighted by Crippen LogP contribution is -2.44. The lowest BCUT2D eigenvalue weighted by atomic mass is 10.2. The molecule has 0 aliphatic rings. The smallest absolute Gasteiger partial charge is 0.239 e. The highest BCUT2D eigenvalue weighted by atomic mass is 79.9. The molecule has 106 valence electrons. The van der Waals surface area contributed by atoms with Crippen LogP contribution in [-0.4, -0.2) is 34.9 Å². The largest absolute Gasteiger partial charge is 0.342 e. The van der Waals surface area contributed by atoms with Gasteiger partial charge in [-0.2, -0.15) is 0 Å². The molecule has 1 amide bonds. The second-order valence-corrected chi connectivity index (χ2v) is 5.97. The lowest BCUT2D eigenvalue weighted by molar-refractivity contribution is -0.132. The minimum Gasteiger partial charge on any atom is -0.342 e. The van der Waals surface area contributed by atoms with Gasteiger partial charge in [-0.3, -0.25) is 9.78 Å². The molecule has 19 heavy (non-hydrogen) atoms. The van der Waals surface area contributed by atoms with Crippen LogP contribution in [0.25, 0.3) is 0 Å². The number of halogens is 2. The Morgan fingerprint density at radius 1 is 1.42 bits per heavy atom. The van der Waals surface area contributed by atoms with Gasteiger partial charge >= 0.3 is 0 Å². The molecule has 0 saturated heterocycles. The Morgan fingerprint density at radius 3 is 2.58 bits per heavy atom. The third-order valence-corrected chi connectivity index (χ3v) is 4.03. The van der Waals surface area contributed by atoms with Crippen molar-refractivity contribution in [2.75, 3.05) is 13.1 Å². The molecule has 0 fully saturated rings. The van der Waals surface area contributed by atoms with Gasteiger partial charge < -0.3 is 10.2 Å². The number of nitrogens with one attached hydrogen (secondary N) is 1. The summed E-state index contributed by atoms with van der Waals surface area (Å²) in [5, 5.41) is 3.21. The number of amides is 1. The topological polar surface area (TPSA) is 45.2 Å². The van der Waals surface area contributed by atoms with Crippen LogP contribution in [-0.2, 0) is 11.3 Å². The van der Waals surface area contributed by atoms with Crippen molar-refractivity contribution in [2.24, 2.45) is 0 Å². The van der Waals surface area contributed by atoms with Crippen LogP contribution < -0.4 is 5.32 Å². The molecule has 0 aliphatic carbocycles. The lowest BCUT2D eigenvalue weighted by Gasteiger charge is -2.23. The highest BCUT2D eigenvalue weighted by Gasteiger charge is 2.17. The molecule has 0 aliphatic heterocycles. The SMILES string of the molecule is CCN(CC)C(=O)C(C)NCc1ncc(Br)cc1Br. The monoisotopic (exact) mass is 391 g/mol. The van der Waals surface area contributed by atoms with Gasteiger partial charge in [0.2, 0.25) is 5.91 Å². The molecular formula is C13H19Br2N3O. The van der Waals surface area contributed by atoms with E-state index >= 15 is 0 Å². The van der Waals surface area contributed by atoms with E-state index in [1.165, 1.54) is 0 Å². The molecule has 0 aromatic carbocycles. The maximum atomic E-state index is 12.1. The van der Waals surface area contributed by atoms with Crippen LogP contribution in [0.3, 0.4) is 0 Å². The summed E-state index contributed by atoms with van der Waals surface area (Å²) in [4.78, 5) is 18.2. The zero-order valence-corrected chi connectivity index (χ0v) is 14.6. The van der Waals surface area contributed by atoms with Crippen LogP contribution in [0.1, 0.15) is 26.5 Å². The number of hydrogen-bond acceptors (Lipinski definition) is 3. The maximum absolute atomic E-state index is 12.1. The summed E-state index contributed by atoms with van der Waals surface area (Å²) in [5.74, 6) is 0.123. The van der Waals surface area contributed by atoms with E-state index in [1.54, 1.807) is 6.20 Å². The van der Waals surface area contributed by atoms with E-state index in [0.29, 0.717) is 6.54 Å². The first-order valence-electron chi connectivity index (χ1n) is 6.31.